The van der Waals surface area contributed by atoms with Crippen molar-refractivity contribution in [3.63, 3.8) is 0 Å². The minimum Gasteiger partial charge on any atom is -0.255 e. The summed E-state index contributed by atoms with van der Waals surface area (Å²) >= 11 is 0. The fourth-order valence-electron chi connectivity index (χ4n) is 1.93. The summed E-state index contributed by atoms with van der Waals surface area (Å²) in [6.45, 7) is 0.415. The zero-order valence-electron chi connectivity index (χ0n) is 8.11. The molecule has 0 spiro atoms. The molecule has 0 radical (unpaired) electrons. The number of aromatic nitrogens is 2. The topological polar surface area (TPSA) is 41.6 Å². The molecular formula is C11H13N3. The summed E-state index contributed by atoms with van der Waals surface area (Å²) in [6.07, 6.45) is 5.13. The van der Waals surface area contributed by atoms with E-state index in [-0.39, 0.29) is 0 Å². The van der Waals surface area contributed by atoms with Gasteiger partial charge in [-0.25, -0.2) is 0 Å². The number of nitrogens with zero attached hydrogens (tertiary/aromatic N) is 3. The van der Waals surface area contributed by atoms with Crippen LogP contribution in [0.25, 0.3) is 0 Å². The minimum atomic E-state index is 0.415. The average molecular weight is 187 g/mol. The van der Waals surface area contributed by atoms with E-state index in [0.29, 0.717) is 18.4 Å². The van der Waals surface area contributed by atoms with Gasteiger partial charge in [-0.2, -0.15) is 10.4 Å². The molecule has 1 aromatic heterocycles. The second kappa shape index (κ2) is 2.84. The molecule has 0 unspecified atom stereocenters. The van der Waals surface area contributed by atoms with E-state index in [2.05, 4.69) is 17.2 Å². The van der Waals surface area contributed by atoms with E-state index in [1.54, 1.807) is 0 Å². The van der Waals surface area contributed by atoms with Crippen LogP contribution < -0.4 is 0 Å². The monoisotopic (exact) mass is 187 g/mol. The van der Waals surface area contributed by atoms with Gasteiger partial charge in [0.15, 0.2) is 0 Å². The summed E-state index contributed by atoms with van der Waals surface area (Å²) in [5.74, 6) is 1.40. The Morgan fingerprint density at radius 1 is 1.36 bits per heavy atom. The van der Waals surface area contributed by atoms with Crippen molar-refractivity contribution in [1.29, 1.82) is 5.26 Å². The van der Waals surface area contributed by atoms with Crippen LogP contribution in [0.2, 0.25) is 0 Å². The molecule has 2 aliphatic carbocycles. The maximum absolute atomic E-state index is 8.70. The highest BCUT2D eigenvalue weighted by Crippen LogP contribution is 2.44. The number of hydrogen-bond acceptors (Lipinski definition) is 2. The lowest BCUT2D eigenvalue weighted by atomic mass is 10.2. The van der Waals surface area contributed by atoms with Gasteiger partial charge in [0.2, 0.25) is 0 Å². The molecule has 0 N–H and O–H groups in total. The first-order valence-electron chi connectivity index (χ1n) is 5.33. The van der Waals surface area contributed by atoms with Crippen molar-refractivity contribution >= 4 is 0 Å². The first-order valence-corrected chi connectivity index (χ1v) is 5.33. The highest BCUT2D eigenvalue weighted by atomic mass is 15.3. The summed E-state index contributed by atoms with van der Waals surface area (Å²) in [6, 6.07) is 4.41. The van der Waals surface area contributed by atoms with Crippen LogP contribution in [0.5, 0.6) is 0 Å². The van der Waals surface area contributed by atoms with Crippen molar-refractivity contribution in [2.45, 2.75) is 44.1 Å². The Balaban J connectivity index is 1.93. The maximum Gasteiger partial charge on any atom is 0.128 e. The quantitative estimate of drug-likeness (QED) is 0.727. The fourth-order valence-corrected chi connectivity index (χ4v) is 1.93. The lowest BCUT2D eigenvalue weighted by Gasteiger charge is -1.98. The minimum absolute atomic E-state index is 0.415. The Bertz CT molecular complexity index is 391. The Hall–Kier alpha value is -1.30. The van der Waals surface area contributed by atoms with Gasteiger partial charge >= 0.3 is 0 Å². The van der Waals surface area contributed by atoms with E-state index in [0.717, 1.165) is 0 Å². The SMILES string of the molecule is N#CCn1nc(C2CC2)cc1C1CC1. The molecule has 0 saturated heterocycles. The molecule has 0 aromatic carbocycles. The predicted molar refractivity (Wildman–Crippen MR) is 51.8 cm³/mol. The van der Waals surface area contributed by atoms with E-state index in [1.807, 2.05) is 4.68 Å². The highest BCUT2D eigenvalue weighted by molar-refractivity contribution is 5.24. The number of hydrogen-bond donors (Lipinski definition) is 0. The van der Waals surface area contributed by atoms with E-state index in [1.165, 1.54) is 37.1 Å². The van der Waals surface area contributed by atoms with Crippen LogP contribution in [-0.2, 0) is 6.54 Å². The molecule has 14 heavy (non-hydrogen) atoms. The van der Waals surface area contributed by atoms with Gasteiger partial charge in [0.05, 0.1) is 11.8 Å². The van der Waals surface area contributed by atoms with Gasteiger partial charge in [-0.3, -0.25) is 4.68 Å². The van der Waals surface area contributed by atoms with Crippen molar-refractivity contribution in [2.24, 2.45) is 0 Å². The van der Waals surface area contributed by atoms with Gasteiger partial charge in [-0.15, -0.1) is 0 Å². The molecule has 0 bridgehead atoms. The molecule has 0 atom stereocenters. The molecule has 0 amide bonds. The van der Waals surface area contributed by atoms with Gasteiger partial charge in [0.1, 0.15) is 6.54 Å². The first-order chi connectivity index (χ1) is 6.88. The molecule has 3 heteroatoms. The van der Waals surface area contributed by atoms with Crippen molar-refractivity contribution in [1.82, 2.24) is 9.78 Å². The van der Waals surface area contributed by atoms with Gasteiger partial charge in [0, 0.05) is 17.5 Å². The third-order valence-corrected chi connectivity index (χ3v) is 3.04. The second-order valence-corrected chi connectivity index (χ2v) is 4.36. The zero-order chi connectivity index (χ0) is 9.54. The van der Waals surface area contributed by atoms with Crippen LogP contribution in [0.1, 0.15) is 48.9 Å². The normalized spacial score (nSPS) is 20.8. The van der Waals surface area contributed by atoms with Crippen LogP contribution >= 0.6 is 0 Å². The summed E-state index contributed by atoms with van der Waals surface area (Å²) < 4.78 is 1.91. The van der Waals surface area contributed by atoms with Crippen LogP contribution in [0.4, 0.5) is 0 Å². The van der Waals surface area contributed by atoms with Crippen molar-refractivity contribution < 1.29 is 0 Å². The lowest BCUT2D eigenvalue weighted by Crippen LogP contribution is -2.02. The van der Waals surface area contributed by atoms with Gasteiger partial charge in [-0.05, 0) is 31.7 Å². The maximum atomic E-state index is 8.70. The summed E-state index contributed by atoms with van der Waals surface area (Å²) in [5.41, 5.74) is 2.52. The van der Waals surface area contributed by atoms with E-state index >= 15 is 0 Å². The second-order valence-electron chi connectivity index (χ2n) is 4.36. The molecule has 2 fully saturated rings. The lowest BCUT2D eigenvalue weighted by molar-refractivity contribution is 0.655. The molecule has 0 aliphatic heterocycles. The average Bonchev–Trinajstić information content (AvgIpc) is 3.07. The number of nitriles is 1. The van der Waals surface area contributed by atoms with Crippen LogP contribution in [0.15, 0.2) is 6.07 Å². The fraction of sp³-hybridized carbons (Fsp3) is 0.636. The molecule has 1 heterocycles. The van der Waals surface area contributed by atoms with E-state index in [4.69, 9.17) is 5.26 Å². The summed E-state index contributed by atoms with van der Waals surface area (Å²) in [4.78, 5) is 0. The van der Waals surface area contributed by atoms with E-state index < -0.39 is 0 Å². The Morgan fingerprint density at radius 2 is 2.07 bits per heavy atom. The molecule has 2 saturated carbocycles. The highest BCUT2D eigenvalue weighted by Gasteiger charge is 2.32. The Morgan fingerprint density at radius 3 is 2.64 bits per heavy atom. The molecule has 72 valence electrons. The smallest absolute Gasteiger partial charge is 0.128 e. The third kappa shape index (κ3) is 1.31. The van der Waals surface area contributed by atoms with Gasteiger partial charge in [0.25, 0.3) is 0 Å². The third-order valence-electron chi connectivity index (χ3n) is 3.04. The van der Waals surface area contributed by atoms with Crippen molar-refractivity contribution in [2.75, 3.05) is 0 Å². The Labute approximate surface area is 83.3 Å². The summed E-state index contributed by atoms with van der Waals surface area (Å²) in [5, 5.41) is 13.2. The molecule has 3 rings (SSSR count). The van der Waals surface area contributed by atoms with Gasteiger partial charge in [-0.1, -0.05) is 0 Å². The first kappa shape index (κ1) is 8.05. The Kier molecular flexibility index (Phi) is 1.63. The summed E-state index contributed by atoms with van der Waals surface area (Å²) in [7, 11) is 0. The van der Waals surface area contributed by atoms with E-state index in [9.17, 15) is 0 Å². The zero-order valence-corrected chi connectivity index (χ0v) is 8.11. The van der Waals surface area contributed by atoms with Crippen molar-refractivity contribution in [3.05, 3.63) is 17.5 Å². The van der Waals surface area contributed by atoms with Crippen LogP contribution in [0.3, 0.4) is 0 Å². The molecular weight excluding hydrogens is 174 g/mol. The van der Waals surface area contributed by atoms with Gasteiger partial charge < -0.3 is 0 Å². The molecule has 3 nitrogen and oxygen atoms in total. The molecule has 1 aromatic rings. The largest absolute Gasteiger partial charge is 0.255 e. The number of rotatable bonds is 3. The van der Waals surface area contributed by atoms with Crippen LogP contribution in [-0.4, -0.2) is 9.78 Å². The predicted octanol–water partition coefficient (Wildman–Crippen LogP) is 2.16. The molecule has 2 aliphatic rings. The van der Waals surface area contributed by atoms with Crippen molar-refractivity contribution in [3.8, 4) is 6.07 Å². The standard InChI is InChI=1S/C11H13N3/c12-5-6-14-11(9-3-4-9)7-10(13-14)8-1-2-8/h7-9H,1-4,6H2. The van der Waals surface area contributed by atoms with Crippen LogP contribution in [0, 0.1) is 11.3 Å².